The molecule has 0 saturated carbocycles. The first-order chi connectivity index (χ1) is 7.95. The van der Waals surface area contributed by atoms with E-state index in [0.717, 1.165) is 4.47 Å². The van der Waals surface area contributed by atoms with E-state index >= 15 is 0 Å². The zero-order valence-electron chi connectivity index (χ0n) is 10.6. The van der Waals surface area contributed by atoms with Crippen molar-refractivity contribution in [2.45, 2.75) is 19.9 Å². The van der Waals surface area contributed by atoms with Gasteiger partial charge in [0, 0.05) is 16.6 Å². The number of amides is 1. The Bertz CT molecular complexity index is 413. The Morgan fingerprint density at radius 3 is 2.56 bits per heavy atom. The van der Waals surface area contributed by atoms with Crippen LogP contribution in [0.5, 0.6) is 5.75 Å². The van der Waals surface area contributed by atoms with Gasteiger partial charge in [-0.3, -0.25) is 4.79 Å². The second-order valence-corrected chi connectivity index (χ2v) is 4.84. The molecular formula is C12H18BrClN2O2. The number of nitrogens with one attached hydrogen (secondary N) is 1. The molecule has 0 spiro atoms. The number of carbonyl (C=O) groups excluding carboxylic acids is 1. The van der Waals surface area contributed by atoms with Crippen LogP contribution in [-0.4, -0.2) is 19.1 Å². The fourth-order valence-electron chi connectivity index (χ4n) is 1.21. The van der Waals surface area contributed by atoms with Gasteiger partial charge in [-0.2, -0.15) is 0 Å². The monoisotopic (exact) mass is 336 g/mol. The molecule has 0 aliphatic rings. The molecule has 0 bridgehead atoms. The Hall–Kier alpha value is -0.780. The van der Waals surface area contributed by atoms with E-state index in [4.69, 9.17) is 10.5 Å². The van der Waals surface area contributed by atoms with Gasteiger partial charge in [-0.15, -0.1) is 12.4 Å². The van der Waals surface area contributed by atoms with Crippen molar-refractivity contribution >= 4 is 39.9 Å². The van der Waals surface area contributed by atoms with Gasteiger partial charge in [0.15, 0.2) is 0 Å². The first-order valence-electron chi connectivity index (χ1n) is 5.35. The normalized spacial score (nSPS) is 13.2. The third kappa shape index (κ3) is 4.48. The SMILES string of the molecule is COc1ccc(Br)c(NC(=O)C(C)C(C)N)c1.Cl. The van der Waals surface area contributed by atoms with Crippen LogP contribution in [0.3, 0.4) is 0 Å². The Kier molecular flexibility index (Phi) is 7.28. The molecular weight excluding hydrogens is 320 g/mol. The number of methoxy groups -OCH3 is 1. The molecule has 18 heavy (non-hydrogen) atoms. The van der Waals surface area contributed by atoms with Crippen LogP contribution >= 0.6 is 28.3 Å². The van der Waals surface area contributed by atoms with Gasteiger partial charge in [-0.1, -0.05) is 6.92 Å². The van der Waals surface area contributed by atoms with E-state index in [-0.39, 0.29) is 30.3 Å². The highest BCUT2D eigenvalue weighted by Gasteiger charge is 2.18. The van der Waals surface area contributed by atoms with E-state index < -0.39 is 0 Å². The number of hydrogen-bond donors (Lipinski definition) is 2. The average Bonchev–Trinajstić information content (AvgIpc) is 2.30. The van der Waals surface area contributed by atoms with Crippen molar-refractivity contribution in [2.24, 2.45) is 11.7 Å². The number of halogens is 2. The molecule has 0 aliphatic heterocycles. The molecule has 6 heteroatoms. The number of benzene rings is 1. The van der Waals surface area contributed by atoms with E-state index in [1.165, 1.54) is 0 Å². The van der Waals surface area contributed by atoms with E-state index in [0.29, 0.717) is 11.4 Å². The first kappa shape index (κ1) is 17.2. The lowest BCUT2D eigenvalue weighted by atomic mass is 10.0. The number of rotatable bonds is 4. The van der Waals surface area contributed by atoms with Gasteiger partial charge in [0.1, 0.15) is 5.75 Å². The molecule has 0 aromatic heterocycles. The molecule has 4 nitrogen and oxygen atoms in total. The van der Waals surface area contributed by atoms with E-state index in [1.54, 1.807) is 20.1 Å². The Morgan fingerprint density at radius 2 is 2.06 bits per heavy atom. The summed E-state index contributed by atoms with van der Waals surface area (Å²) >= 11 is 3.37. The molecule has 1 aromatic rings. The summed E-state index contributed by atoms with van der Waals surface area (Å²) in [5.74, 6) is 0.346. The van der Waals surface area contributed by atoms with E-state index in [2.05, 4.69) is 21.2 Å². The quantitative estimate of drug-likeness (QED) is 0.888. The molecule has 102 valence electrons. The minimum atomic E-state index is -0.242. The fraction of sp³-hybridized carbons (Fsp3) is 0.417. The zero-order valence-corrected chi connectivity index (χ0v) is 13.0. The maximum atomic E-state index is 11.9. The molecule has 0 heterocycles. The summed E-state index contributed by atoms with van der Waals surface area (Å²) in [6.45, 7) is 3.61. The van der Waals surface area contributed by atoms with Crippen molar-refractivity contribution in [2.75, 3.05) is 12.4 Å². The van der Waals surface area contributed by atoms with Crippen molar-refractivity contribution in [3.8, 4) is 5.75 Å². The predicted molar refractivity (Wildman–Crippen MR) is 79.4 cm³/mol. The highest BCUT2D eigenvalue weighted by molar-refractivity contribution is 9.10. The summed E-state index contributed by atoms with van der Waals surface area (Å²) in [5, 5.41) is 2.82. The highest BCUT2D eigenvalue weighted by atomic mass is 79.9. The molecule has 2 atom stereocenters. The summed E-state index contributed by atoms with van der Waals surface area (Å²) < 4.78 is 5.91. The number of carbonyl (C=O) groups is 1. The van der Waals surface area contributed by atoms with E-state index in [9.17, 15) is 4.79 Å². The van der Waals surface area contributed by atoms with Crippen LogP contribution in [0.1, 0.15) is 13.8 Å². The molecule has 2 unspecified atom stereocenters. The van der Waals surface area contributed by atoms with Gasteiger partial charge >= 0.3 is 0 Å². The summed E-state index contributed by atoms with van der Waals surface area (Å²) in [6.07, 6.45) is 0. The van der Waals surface area contributed by atoms with Gasteiger partial charge in [0.2, 0.25) is 5.91 Å². The lowest BCUT2D eigenvalue weighted by Crippen LogP contribution is -2.34. The number of ether oxygens (including phenoxy) is 1. The lowest BCUT2D eigenvalue weighted by Gasteiger charge is -2.16. The van der Waals surface area contributed by atoms with Crippen LogP contribution in [0.4, 0.5) is 5.69 Å². The first-order valence-corrected chi connectivity index (χ1v) is 6.15. The van der Waals surface area contributed by atoms with Crippen LogP contribution in [0.2, 0.25) is 0 Å². The number of anilines is 1. The van der Waals surface area contributed by atoms with Gasteiger partial charge in [-0.25, -0.2) is 0 Å². The minimum Gasteiger partial charge on any atom is -0.497 e. The van der Waals surface area contributed by atoms with Crippen LogP contribution in [-0.2, 0) is 4.79 Å². The molecule has 1 aromatic carbocycles. The smallest absolute Gasteiger partial charge is 0.228 e. The van der Waals surface area contributed by atoms with Crippen LogP contribution in [0.15, 0.2) is 22.7 Å². The molecule has 1 rings (SSSR count). The largest absolute Gasteiger partial charge is 0.497 e. The topological polar surface area (TPSA) is 64.3 Å². The second-order valence-electron chi connectivity index (χ2n) is 3.98. The Morgan fingerprint density at radius 1 is 1.44 bits per heavy atom. The molecule has 0 fully saturated rings. The minimum absolute atomic E-state index is 0. The summed E-state index contributed by atoms with van der Waals surface area (Å²) in [7, 11) is 1.58. The highest BCUT2D eigenvalue weighted by Crippen LogP contribution is 2.27. The van der Waals surface area contributed by atoms with Crippen molar-refractivity contribution in [3.63, 3.8) is 0 Å². The summed E-state index contributed by atoms with van der Waals surface area (Å²) in [4.78, 5) is 11.9. The van der Waals surface area contributed by atoms with Gasteiger partial charge in [0.25, 0.3) is 0 Å². The van der Waals surface area contributed by atoms with Gasteiger partial charge in [0.05, 0.1) is 18.7 Å². The standard InChI is InChI=1S/C12H17BrN2O2.ClH/c1-7(8(2)14)12(16)15-11-6-9(17-3)4-5-10(11)13;/h4-8H,14H2,1-3H3,(H,15,16);1H. The maximum Gasteiger partial charge on any atom is 0.228 e. The van der Waals surface area contributed by atoms with Gasteiger partial charge in [-0.05, 0) is 35.0 Å². The predicted octanol–water partition coefficient (Wildman–Crippen LogP) is 2.80. The van der Waals surface area contributed by atoms with Crippen molar-refractivity contribution < 1.29 is 9.53 Å². The van der Waals surface area contributed by atoms with Crippen molar-refractivity contribution in [3.05, 3.63) is 22.7 Å². The third-order valence-electron chi connectivity index (χ3n) is 2.63. The number of nitrogens with two attached hydrogens (primary N) is 1. The lowest BCUT2D eigenvalue weighted by molar-refractivity contribution is -0.119. The van der Waals surface area contributed by atoms with Crippen molar-refractivity contribution in [1.82, 2.24) is 0 Å². The van der Waals surface area contributed by atoms with Crippen molar-refractivity contribution in [1.29, 1.82) is 0 Å². The summed E-state index contributed by atoms with van der Waals surface area (Å²) in [5.41, 5.74) is 6.37. The second kappa shape index (κ2) is 7.61. The average molecular weight is 338 g/mol. The Balaban J connectivity index is 0.00000289. The van der Waals surface area contributed by atoms with Crippen LogP contribution < -0.4 is 15.8 Å². The van der Waals surface area contributed by atoms with Gasteiger partial charge < -0.3 is 15.8 Å². The fourth-order valence-corrected chi connectivity index (χ4v) is 1.56. The zero-order chi connectivity index (χ0) is 13.0. The molecule has 3 N–H and O–H groups in total. The van der Waals surface area contributed by atoms with Crippen LogP contribution in [0, 0.1) is 5.92 Å². The number of hydrogen-bond acceptors (Lipinski definition) is 3. The molecule has 0 aliphatic carbocycles. The summed E-state index contributed by atoms with van der Waals surface area (Å²) in [6, 6.07) is 5.22. The van der Waals surface area contributed by atoms with E-state index in [1.807, 2.05) is 19.1 Å². The third-order valence-corrected chi connectivity index (χ3v) is 3.33. The molecule has 0 saturated heterocycles. The molecule has 1 amide bonds. The molecule has 0 radical (unpaired) electrons. The Labute approximate surface area is 122 Å². The van der Waals surface area contributed by atoms with Crippen LogP contribution in [0.25, 0.3) is 0 Å². The maximum absolute atomic E-state index is 11.9.